The molecule has 0 unspecified atom stereocenters. The van der Waals surface area contributed by atoms with Crippen molar-refractivity contribution in [3.05, 3.63) is 70.0 Å². The van der Waals surface area contributed by atoms with E-state index in [0.717, 1.165) is 42.5 Å². The Hall–Kier alpha value is -2.10. The van der Waals surface area contributed by atoms with Crippen LogP contribution >= 0.6 is 23.2 Å². The Morgan fingerprint density at radius 1 is 1.08 bits per heavy atom. The molecule has 2 aromatic carbocycles. The lowest BCUT2D eigenvalue weighted by Crippen LogP contribution is -2.04. The van der Waals surface area contributed by atoms with Crippen LogP contribution in [0.1, 0.15) is 35.9 Å². The predicted molar refractivity (Wildman–Crippen MR) is 103 cm³/mol. The second-order valence-corrected chi connectivity index (χ2v) is 6.62. The van der Waals surface area contributed by atoms with Crippen LogP contribution in [-0.2, 0) is 6.42 Å². The Bertz CT molecular complexity index is 885. The number of rotatable bonds is 6. The normalized spacial score (nSPS) is 10.8. The highest BCUT2D eigenvalue weighted by molar-refractivity contribution is 6.33. The van der Waals surface area contributed by atoms with Gasteiger partial charge in [-0.3, -0.25) is 9.36 Å². The van der Waals surface area contributed by atoms with E-state index >= 15 is 0 Å². The van der Waals surface area contributed by atoms with E-state index in [-0.39, 0.29) is 0 Å². The minimum absolute atomic E-state index is 0.457. The molecule has 0 saturated heterocycles. The summed E-state index contributed by atoms with van der Waals surface area (Å²) in [6.07, 6.45) is 3.59. The molecule has 3 rings (SSSR count). The van der Waals surface area contributed by atoms with Crippen molar-refractivity contribution in [1.29, 1.82) is 0 Å². The second kappa shape index (κ2) is 7.85. The Morgan fingerprint density at radius 2 is 1.80 bits per heavy atom. The number of unbranched alkanes of at least 4 members (excludes halogenated alkanes) is 1. The van der Waals surface area contributed by atoms with Crippen molar-refractivity contribution in [1.82, 2.24) is 9.55 Å². The van der Waals surface area contributed by atoms with Gasteiger partial charge in [-0.1, -0.05) is 48.7 Å². The van der Waals surface area contributed by atoms with Gasteiger partial charge in [0.15, 0.2) is 6.29 Å². The van der Waals surface area contributed by atoms with Gasteiger partial charge in [-0.05, 0) is 49.2 Å². The maximum atomic E-state index is 11.6. The third-order valence-electron chi connectivity index (χ3n) is 4.08. The standard InChI is InChI=1S/C20H18Cl2N2O/c1-2-3-8-19-18(13-25)23-20(16-6-4-5-7-17(16)22)24(19)15-11-9-14(21)10-12-15/h4-7,9-13H,2-3,8H2,1H3. The molecule has 5 heteroatoms. The van der Waals surface area contributed by atoms with E-state index in [1.165, 1.54) is 0 Å². The fourth-order valence-electron chi connectivity index (χ4n) is 2.84. The molecule has 0 fully saturated rings. The summed E-state index contributed by atoms with van der Waals surface area (Å²) < 4.78 is 2.01. The Kier molecular flexibility index (Phi) is 5.57. The number of benzene rings is 2. The lowest BCUT2D eigenvalue weighted by Gasteiger charge is -2.13. The number of halogens is 2. The molecule has 25 heavy (non-hydrogen) atoms. The largest absolute Gasteiger partial charge is 0.296 e. The molecular formula is C20H18Cl2N2O. The van der Waals surface area contributed by atoms with Gasteiger partial charge in [0.1, 0.15) is 11.5 Å². The number of aromatic nitrogens is 2. The summed E-state index contributed by atoms with van der Waals surface area (Å²) >= 11 is 12.4. The third kappa shape index (κ3) is 3.63. The van der Waals surface area contributed by atoms with Crippen molar-refractivity contribution in [3.63, 3.8) is 0 Å². The van der Waals surface area contributed by atoms with Crippen LogP contribution in [-0.4, -0.2) is 15.8 Å². The first-order valence-electron chi connectivity index (χ1n) is 8.23. The zero-order chi connectivity index (χ0) is 17.8. The van der Waals surface area contributed by atoms with Gasteiger partial charge in [0, 0.05) is 16.3 Å². The van der Waals surface area contributed by atoms with Crippen LogP contribution in [0.15, 0.2) is 48.5 Å². The molecule has 0 amide bonds. The van der Waals surface area contributed by atoms with Crippen LogP contribution in [0.25, 0.3) is 17.1 Å². The van der Waals surface area contributed by atoms with Gasteiger partial charge < -0.3 is 0 Å². The zero-order valence-electron chi connectivity index (χ0n) is 13.9. The number of aldehydes is 1. The second-order valence-electron chi connectivity index (χ2n) is 5.78. The van der Waals surface area contributed by atoms with Gasteiger partial charge in [0.05, 0.1) is 10.7 Å². The molecule has 0 aliphatic heterocycles. The molecule has 0 aliphatic carbocycles. The van der Waals surface area contributed by atoms with Crippen LogP contribution in [0.4, 0.5) is 0 Å². The highest BCUT2D eigenvalue weighted by Gasteiger charge is 2.20. The molecule has 3 aromatic rings. The average Bonchev–Trinajstić information content (AvgIpc) is 2.99. The highest BCUT2D eigenvalue weighted by Crippen LogP contribution is 2.32. The van der Waals surface area contributed by atoms with Gasteiger partial charge in [-0.15, -0.1) is 0 Å². The summed E-state index contributed by atoms with van der Waals surface area (Å²) in [6, 6.07) is 15.0. The molecule has 0 saturated carbocycles. The summed E-state index contributed by atoms with van der Waals surface area (Å²) in [5.74, 6) is 0.668. The molecule has 0 N–H and O–H groups in total. The van der Waals surface area contributed by atoms with Gasteiger partial charge in [-0.2, -0.15) is 0 Å². The van der Waals surface area contributed by atoms with Crippen molar-refractivity contribution in [3.8, 4) is 17.1 Å². The smallest absolute Gasteiger partial charge is 0.170 e. The quantitative estimate of drug-likeness (QED) is 0.497. The Balaban J connectivity index is 2.27. The predicted octanol–water partition coefficient (Wildman–Crippen LogP) is 6.00. The summed E-state index contributed by atoms with van der Waals surface area (Å²) in [7, 11) is 0. The van der Waals surface area contributed by atoms with Crippen molar-refractivity contribution in [2.75, 3.05) is 0 Å². The Labute approximate surface area is 157 Å². The minimum atomic E-state index is 0.457. The van der Waals surface area contributed by atoms with Gasteiger partial charge in [0.25, 0.3) is 0 Å². The van der Waals surface area contributed by atoms with E-state index in [9.17, 15) is 4.79 Å². The van der Waals surface area contributed by atoms with Gasteiger partial charge in [-0.25, -0.2) is 4.98 Å². The summed E-state index contributed by atoms with van der Waals surface area (Å²) in [6.45, 7) is 2.12. The van der Waals surface area contributed by atoms with Crippen molar-refractivity contribution >= 4 is 29.5 Å². The van der Waals surface area contributed by atoms with Crippen molar-refractivity contribution in [2.24, 2.45) is 0 Å². The number of carbonyl (C=O) groups excluding carboxylic acids is 1. The average molecular weight is 373 g/mol. The monoisotopic (exact) mass is 372 g/mol. The maximum Gasteiger partial charge on any atom is 0.170 e. The fraction of sp³-hybridized carbons (Fsp3) is 0.200. The van der Waals surface area contributed by atoms with E-state index in [0.29, 0.717) is 21.6 Å². The molecule has 1 heterocycles. The van der Waals surface area contributed by atoms with Crippen LogP contribution < -0.4 is 0 Å². The fourth-order valence-corrected chi connectivity index (χ4v) is 3.19. The van der Waals surface area contributed by atoms with Crippen LogP contribution in [0.3, 0.4) is 0 Å². The van der Waals surface area contributed by atoms with E-state index < -0.39 is 0 Å². The number of carbonyl (C=O) groups is 1. The molecule has 1 aromatic heterocycles. The van der Waals surface area contributed by atoms with Crippen molar-refractivity contribution < 1.29 is 4.79 Å². The van der Waals surface area contributed by atoms with Crippen molar-refractivity contribution in [2.45, 2.75) is 26.2 Å². The lowest BCUT2D eigenvalue weighted by atomic mass is 10.1. The van der Waals surface area contributed by atoms with E-state index in [2.05, 4.69) is 11.9 Å². The first-order valence-corrected chi connectivity index (χ1v) is 8.99. The first kappa shape index (κ1) is 17.7. The van der Waals surface area contributed by atoms with E-state index in [4.69, 9.17) is 23.2 Å². The van der Waals surface area contributed by atoms with Gasteiger partial charge >= 0.3 is 0 Å². The number of imidazole rings is 1. The maximum absolute atomic E-state index is 11.6. The third-order valence-corrected chi connectivity index (χ3v) is 4.66. The summed E-state index contributed by atoms with van der Waals surface area (Å²) in [4.78, 5) is 16.2. The topological polar surface area (TPSA) is 34.9 Å². The summed E-state index contributed by atoms with van der Waals surface area (Å²) in [5, 5.41) is 1.26. The summed E-state index contributed by atoms with van der Waals surface area (Å²) in [5.41, 5.74) is 3.06. The molecular weight excluding hydrogens is 355 g/mol. The SMILES string of the molecule is CCCCc1c(C=O)nc(-c2ccccc2Cl)n1-c1ccc(Cl)cc1. The molecule has 0 atom stereocenters. The van der Waals surface area contributed by atoms with Crippen LogP contribution in [0.2, 0.25) is 10.0 Å². The lowest BCUT2D eigenvalue weighted by molar-refractivity contribution is 0.111. The number of hydrogen-bond donors (Lipinski definition) is 0. The van der Waals surface area contributed by atoms with Crippen LogP contribution in [0, 0.1) is 0 Å². The molecule has 0 spiro atoms. The Morgan fingerprint density at radius 3 is 2.44 bits per heavy atom. The van der Waals surface area contributed by atoms with Crippen LogP contribution in [0.5, 0.6) is 0 Å². The highest BCUT2D eigenvalue weighted by atomic mass is 35.5. The molecule has 128 valence electrons. The molecule has 0 aliphatic rings. The molecule has 0 radical (unpaired) electrons. The van der Waals surface area contributed by atoms with Gasteiger partial charge in [0.2, 0.25) is 0 Å². The molecule has 0 bridgehead atoms. The van der Waals surface area contributed by atoms with E-state index in [1.54, 1.807) is 0 Å². The van der Waals surface area contributed by atoms with E-state index in [1.807, 2.05) is 53.1 Å². The number of nitrogens with zero attached hydrogens (tertiary/aromatic N) is 2. The minimum Gasteiger partial charge on any atom is -0.296 e. The molecule has 3 nitrogen and oxygen atoms in total. The zero-order valence-corrected chi connectivity index (χ0v) is 15.4. The first-order chi connectivity index (χ1) is 12.2. The number of hydrogen-bond acceptors (Lipinski definition) is 2.